The highest BCUT2D eigenvalue weighted by Gasteiger charge is 2.26. The molecule has 0 aromatic heterocycles. The van der Waals surface area contributed by atoms with Gasteiger partial charge in [-0.3, -0.25) is 0 Å². The van der Waals surface area contributed by atoms with Gasteiger partial charge in [0.15, 0.2) is 0 Å². The van der Waals surface area contributed by atoms with Crippen molar-refractivity contribution in [2.24, 2.45) is 0 Å². The topological polar surface area (TPSA) is 13.0 Å². The molecule has 0 fully saturated rings. The summed E-state index contributed by atoms with van der Waals surface area (Å²) in [5, 5.41) is 0. The van der Waals surface area contributed by atoms with E-state index < -0.39 is 0 Å². The van der Waals surface area contributed by atoms with Crippen molar-refractivity contribution in [2.75, 3.05) is 41.1 Å². The summed E-state index contributed by atoms with van der Waals surface area (Å²) in [6, 6.07) is 17.8. The highest BCUT2D eigenvalue weighted by molar-refractivity contribution is 5.83. The zero-order valence-electron chi connectivity index (χ0n) is 17.2. The highest BCUT2D eigenvalue weighted by atomic mass is 15.4. The Kier molecular flexibility index (Phi) is 5.75. The van der Waals surface area contributed by atoms with Gasteiger partial charge in [0.2, 0.25) is 0 Å². The molecule has 2 aliphatic heterocycles. The van der Waals surface area contributed by atoms with Gasteiger partial charge in [0.1, 0.15) is 0 Å². The second kappa shape index (κ2) is 8.59. The lowest BCUT2D eigenvalue weighted by Gasteiger charge is -2.25. The maximum Gasteiger partial charge on any atom is 0.0953 e. The van der Waals surface area contributed by atoms with Crippen LogP contribution >= 0.6 is 0 Å². The summed E-state index contributed by atoms with van der Waals surface area (Å²) in [6.45, 7) is 8.64. The van der Waals surface area contributed by atoms with E-state index in [2.05, 4.69) is 94.4 Å². The van der Waals surface area contributed by atoms with Gasteiger partial charge in [-0.05, 0) is 43.2 Å². The predicted molar refractivity (Wildman–Crippen MR) is 120 cm³/mol. The Hall–Kier alpha value is -2.62. The van der Waals surface area contributed by atoms with E-state index in [1.54, 1.807) is 0 Å². The number of fused-ring (bicyclic) bond motifs is 1. The van der Waals surface area contributed by atoms with Crippen LogP contribution in [-0.4, -0.2) is 31.3 Å². The number of benzene rings is 2. The summed E-state index contributed by atoms with van der Waals surface area (Å²) in [5.74, 6) is 0. The van der Waals surface area contributed by atoms with E-state index in [1.807, 2.05) is 0 Å². The summed E-state index contributed by atoms with van der Waals surface area (Å²) >= 11 is 0. The second-order valence-electron chi connectivity index (χ2n) is 7.77. The van der Waals surface area contributed by atoms with E-state index in [0.29, 0.717) is 0 Å². The molecule has 0 N–H and O–H groups in total. The highest BCUT2D eigenvalue weighted by Crippen LogP contribution is 2.41. The molecule has 28 heavy (non-hydrogen) atoms. The van der Waals surface area contributed by atoms with Crippen LogP contribution in [0.2, 0.25) is 0 Å². The number of hydrogen-bond donors (Lipinski definition) is 0. The molecule has 0 saturated carbocycles. The number of nitrogens with zero attached hydrogens (tertiary/aromatic N) is 4. The predicted octanol–water partition coefficient (Wildman–Crippen LogP) is 5.75. The van der Waals surface area contributed by atoms with Gasteiger partial charge in [0.25, 0.3) is 0 Å². The minimum absolute atomic E-state index is 0.932. The quantitative estimate of drug-likeness (QED) is 0.581. The Morgan fingerprint density at radius 1 is 0.750 bits per heavy atom. The first kappa shape index (κ1) is 18.7. The fourth-order valence-corrected chi connectivity index (χ4v) is 4.02. The minimum atomic E-state index is 0.932. The molecule has 2 heterocycles. The van der Waals surface area contributed by atoms with E-state index >= 15 is 0 Å². The first-order valence-corrected chi connectivity index (χ1v) is 10.7. The molecule has 0 spiro atoms. The van der Waals surface area contributed by atoms with Crippen molar-refractivity contribution in [1.82, 2.24) is 4.90 Å². The molecule has 0 saturated heterocycles. The molecule has 0 bridgehead atoms. The lowest BCUT2D eigenvalue weighted by atomic mass is 10.2. The third kappa shape index (κ3) is 3.82. The number of rotatable bonds is 8. The van der Waals surface area contributed by atoms with Crippen LogP contribution in [0.5, 0.6) is 0 Å². The molecule has 0 radical (unpaired) electrons. The monoisotopic (exact) mass is 376 g/mol. The van der Waals surface area contributed by atoms with Gasteiger partial charge >= 0.3 is 0 Å². The molecule has 4 heteroatoms. The molecule has 0 unspecified atom stereocenters. The lowest BCUT2D eigenvalue weighted by Crippen LogP contribution is -2.29. The van der Waals surface area contributed by atoms with E-state index in [9.17, 15) is 0 Å². The summed E-state index contributed by atoms with van der Waals surface area (Å²) in [7, 11) is 0. The van der Waals surface area contributed by atoms with E-state index in [-0.39, 0.29) is 0 Å². The first-order chi connectivity index (χ1) is 13.8. The smallest absolute Gasteiger partial charge is 0.0953 e. The summed E-state index contributed by atoms with van der Waals surface area (Å²) < 4.78 is 0. The number of anilines is 4. The van der Waals surface area contributed by atoms with Crippen LogP contribution in [0.1, 0.15) is 39.5 Å². The van der Waals surface area contributed by atoms with Gasteiger partial charge in [-0.15, -0.1) is 0 Å². The van der Waals surface area contributed by atoms with Crippen molar-refractivity contribution >= 4 is 22.7 Å². The largest absolute Gasteiger partial charge is 0.358 e. The van der Waals surface area contributed by atoms with Crippen molar-refractivity contribution in [3.8, 4) is 0 Å². The van der Waals surface area contributed by atoms with Crippen LogP contribution in [0.25, 0.3) is 0 Å². The molecule has 2 aromatic carbocycles. The molecule has 2 aliphatic rings. The molecular formula is C24H32N4. The van der Waals surface area contributed by atoms with Crippen molar-refractivity contribution in [2.45, 2.75) is 39.5 Å². The fraction of sp³-hybridized carbons (Fsp3) is 0.417. The Labute approximate surface area is 169 Å². The van der Waals surface area contributed by atoms with Crippen LogP contribution in [-0.2, 0) is 0 Å². The third-order valence-corrected chi connectivity index (χ3v) is 5.67. The number of hydrogen-bond acceptors (Lipinski definition) is 4. The van der Waals surface area contributed by atoms with Crippen LogP contribution in [0.3, 0.4) is 0 Å². The Morgan fingerprint density at radius 3 is 2.32 bits per heavy atom. The average Bonchev–Trinajstić information content (AvgIpc) is 3.36. The first-order valence-electron chi connectivity index (χ1n) is 10.7. The molecule has 0 atom stereocenters. The Bertz CT molecular complexity index is 816. The molecule has 2 aromatic rings. The van der Waals surface area contributed by atoms with Gasteiger partial charge in [0.05, 0.1) is 24.7 Å². The van der Waals surface area contributed by atoms with Crippen molar-refractivity contribution in [3.05, 3.63) is 60.9 Å². The molecule has 0 aliphatic carbocycles. The second-order valence-corrected chi connectivity index (χ2v) is 7.77. The average molecular weight is 377 g/mol. The SMILES string of the molecule is CCCCN1C=CN(c2cccc(N3CN(CCCC)c4ccccc43)c2)C1. The number of unbranched alkanes of at least 4 members (excludes halogenated alkanes) is 2. The van der Waals surface area contributed by atoms with Crippen LogP contribution in [0.4, 0.5) is 22.7 Å². The zero-order valence-corrected chi connectivity index (χ0v) is 17.2. The normalized spacial score (nSPS) is 15.6. The van der Waals surface area contributed by atoms with E-state index in [1.165, 1.54) is 48.4 Å². The number of para-hydroxylation sites is 2. The molecule has 4 rings (SSSR count). The van der Waals surface area contributed by atoms with Crippen molar-refractivity contribution in [1.29, 1.82) is 0 Å². The van der Waals surface area contributed by atoms with Gasteiger partial charge < -0.3 is 19.6 Å². The van der Waals surface area contributed by atoms with Crippen molar-refractivity contribution in [3.63, 3.8) is 0 Å². The molecular weight excluding hydrogens is 344 g/mol. The Morgan fingerprint density at radius 2 is 1.50 bits per heavy atom. The van der Waals surface area contributed by atoms with Gasteiger partial charge in [0, 0.05) is 36.9 Å². The summed E-state index contributed by atoms with van der Waals surface area (Å²) in [6.07, 6.45) is 9.37. The van der Waals surface area contributed by atoms with E-state index in [0.717, 1.165) is 26.4 Å². The lowest BCUT2D eigenvalue weighted by molar-refractivity contribution is 0.396. The summed E-state index contributed by atoms with van der Waals surface area (Å²) in [5.41, 5.74) is 5.20. The van der Waals surface area contributed by atoms with E-state index in [4.69, 9.17) is 0 Å². The zero-order chi connectivity index (χ0) is 19.3. The van der Waals surface area contributed by atoms with Crippen LogP contribution in [0.15, 0.2) is 60.9 Å². The standard InChI is InChI=1S/C24H32N4/c1-3-5-14-25-16-17-26(19-25)21-10-9-11-22(18-21)28-20-27(15-6-4-2)23-12-7-8-13-24(23)28/h7-13,16-18H,3-6,14-15,19-20H2,1-2H3. The third-order valence-electron chi connectivity index (χ3n) is 5.67. The Balaban J connectivity index is 1.53. The molecule has 148 valence electrons. The van der Waals surface area contributed by atoms with Gasteiger partial charge in [-0.25, -0.2) is 0 Å². The van der Waals surface area contributed by atoms with Gasteiger partial charge in [-0.2, -0.15) is 0 Å². The molecule has 4 nitrogen and oxygen atoms in total. The van der Waals surface area contributed by atoms with Crippen molar-refractivity contribution < 1.29 is 0 Å². The van der Waals surface area contributed by atoms with Crippen LogP contribution < -0.4 is 14.7 Å². The summed E-state index contributed by atoms with van der Waals surface area (Å²) in [4.78, 5) is 9.70. The fourth-order valence-electron chi connectivity index (χ4n) is 4.02. The van der Waals surface area contributed by atoms with Gasteiger partial charge in [-0.1, -0.05) is 44.9 Å². The minimum Gasteiger partial charge on any atom is -0.358 e. The maximum atomic E-state index is 2.51. The van der Waals surface area contributed by atoms with Crippen LogP contribution in [0, 0.1) is 0 Å². The molecule has 0 amide bonds. The maximum absolute atomic E-state index is 2.51.